The third-order valence-electron chi connectivity index (χ3n) is 2.84. The van der Waals surface area contributed by atoms with Crippen LogP contribution in [0.3, 0.4) is 0 Å². The Hall–Kier alpha value is -0.280. The van der Waals surface area contributed by atoms with E-state index in [0.29, 0.717) is 16.7 Å². The summed E-state index contributed by atoms with van der Waals surface area (Å²) in [6.07, 6.45) is 0.0834. The lowest BCUT2D eigenvalue weighted by atomic mass is 10.2. The van der Waals surface area contributed by atoms with E-state index in [1.807, 2.05) is 19.1 Å². The predicted molar refractivity (Wildman–Crippen MR) is 73.6 cm³/mol. The summed E-state index contributed by atoms with van der Waals surface area (Å²) < 4.78 is 5.79. The molecule has 0 N–H and O–H groups in total. The van der Waals surface area contributed by atoms with Crippen LogP contribution in [0.1, 0.15) is 26.3 Å². The van der Waals surface area contributed by atoms with Crippen LogP contribution in [0.4, 0.5) is 0 Å². The van der Waals surface area contributed by atoms with Gasteiger partial charge in [-0.25, -0.2) is 0 Å². The van der Waals surface area contributed by atoms with Crippen molar-refractivity contribution in [3.8, 4) is 0 Å². The van der Waals surface area contributed by atoms with Gasteiger partial charge in [0.1, 0.15) is 6.23 Å². The largest absolute Gasteiger partial charge is 0.359 e. The van der Waals surface area contributed by atoms with Crippen LogP contribution in [0.2, 0.25) is 10.0 Å². The smallest absolute Gasteiger partial charge is 0.108 e. The summed E-state index contributed by atoms with van der Waals surface area (Å²) in [6.45, 7) is 8.72. The van der Waals surface area contributed by atoms with Gasteiger partial charge in [-0.15, -0.1) is 0 Å². The molecule has 0 aliphatic heterocycles. The highest BCUT2D eigenvalue weighted by molar-refractivity contribution is 6.42. The van der Waals surface area contributed by atoms with Gasteiger partial charge >= 0.3 is 0 Å². The highest BCUT2D eigenvalue weighted by atomic mass is 35.5. The number of rotatable bonds is 6. The van der Waals surface area contributed by atoms with Crippen molar-refractivity contribution in [2.75, 3.05) is 13.1 Å². The maximum absolute atomic E-state index is 6.10. The molecule has 17 heavy (non-hydrogen) atoms. The molecule has 0 fully saturated rings. The summed E-state index contributed by atoms with van der Waals surface area (Å²) in [6, 6.07) is 5.60. The lowest BCUT2D eigenvalue weighted by Crippen LogP contribution is -2.34. The first-order valence-corrected chi connectivity index (χ1v) is 6.64. The molecule has 1 unspecified atom stereocenters. The molecule has 0 radical (unpaired) electrons. The Labute approximate surface area is 113 Å². The Bertz CT molecular complexity index is 353. The van der Waals surface area contributed by atoms with Crippen LogP contribution >= 0.6 is 23.2 Å². The van der Waals surface area contributed by atoms with Crippen LogP contribution in [0.15, 0.2) is 18.2 Å². The number of hydrogen-bond acceptors (Lipinski definition) is 2. The summed E-state index contributed by atoms with van der Waals surface area (Å²) in [7, 11) is 0. The molecule has 4 heteroatoms. The first-order valence-electron chi connectivity index (χ1n) is 5.88. The third-order valence-corrected chi connectivity index (χ3v) is 3.70. The molecule has 0 heterocycles. The van der Waals surface area contributed by atoms with Crippen LogP contribution in [0.25, 0.3) is 0 Å². The van der Waals surface area contributed by atoms with E-state index in [0.717, 1.165) is 18.7 Å². The van der Waals surface area contributed by atoms with Crippen molar-refractivity contribution in [3.63, 3.8) is 0 Å². The lowest BCUT2D eigenvalue weighted by molar-refractivity contribution is -0.0520. The standard InChI is InChI=1S/C13H19Cl2NO/c1-4-16(5-2)10(3)17-9-11-7-6-8-12(14)13(11)15/h6-8,10H,4-5,9H2,1-3H3. The van der Waals surface area contributed by atoms with E-state index in [1.165, 1.54) is 0 Å². The third kappa shape index (κ3) is 4.14. The Morgan fingerprint density at radius 2 is 1.88 bits per heavy atom. The van der Waals surface area contributed by atoms with E-state index in [9.17, 15) is 0 Å². The molecule has 0 saturated heterocycles. The van der Waals surface area contributed by atoms with Gasteiger partial charge in [0.2, 0.25) is 0 Å². The number of ether oxygens (including phenoxy) is 1. The van der Waals surface area contributed by atoms with Gasteiger partial charge in [0.25, 0.3) is 0 Å². The number of halogens is 2. The highest BCUT2D eigenvalue weighted by Crippen LogP contribution is 2.26. The summed E-state index contributed by atoms with van der Waals surface area (Å²) in [5, 5.41) is 1.16. The average molecular weight is 276 g/mol. The monoisotopic (exact) mass is 275 g/mol. The molecule has 2 nitrogen and oxygen atoms in total. The second-order valence-electron chi connectivity index (χ2n) is 3.84. The average Bonchev–Trinajstić information content (AvgIpc) is 2.32. The maximum atomic E-state index is 6.10. The Morgan fingerprint density at radius 1 is 1.24 bits per heavy atom. The Morgan fingerprint density at radius 3 is 2.47 bits per heavy atom. The quantitative estimate of drug-likeness (QED) is 0.722. The van der Waals surface area contributed by atoms with E-state index in [-0.39, 0.29) is 6.23 Å². The van der Waals surface area contributed by atoms with Gasteiger partial charge in [0.05, 0.1) is 16.7 Å². The first kappa shape index (κ1) is 14.8. The zero-order valence-electron chi connectivity index (χ0n) is 10.5. The van der Waals surface area contributed by atoms with E-state index >= 15 is 0 Å². The Balaban J connectivity index is 2.58. The Kier molecular flexibility index (Phi) is 6.28. The van der Waals surface area contributed by atoms with Gasteiger partial charge < -0.3 is 4.74 Å². The zero-order valence-corrected chi connectivity index (χ0v) is 12.1. The lowest BCUT2D eigenvalue weighted by Gasteiger charge is -2.26. The normalized spacial score (nSPS) is 13.1. The van der Waals surface area contributed by atoms with E-state index in [2.05, 4.69) is 18.7 Å². The first-order chi connectivity index (χ1) is 8.10. The fourth-order valence-corrected chi connectivity index (χ4v) is 2.09. The molecule has 96 valence electrons. The second kappa shape index (κ2) is 7.22. The molecule has 0 bridgehead atoms. The molecular weight excluding hydrogens is 257 g/mol. The fourth-order valence-electron chi connectivity index (χ4n) is 1.71. The van der Waals surface area contributed by atoms with Crippen molar-refractivity contribution in [2.45, 2.75) is 33.6 Å². The van der Waals surface area contributed by atoms with E-state index in [4.69, 9.17) is 27.9 Å². The molecule has 0 amide bonds. The summed E-state index contributed by atoms with van der Waals surface area (Å²) in [5.74, 6) is 0. The van der Waals surface area contributed by atoms with Gasteiger partial charge in [-0.3, -0.25) is 4.90 Å². The molecule has 0 aliphatic carbocycles. The summed E-state index contributed by atoms with van der Waals surface area (Å²) in [5.41, 5.74) is 0.929. The van der Waals surface area contributed by atoms with Crippen molar-refractivity contribution in [2.24, 2.45) is 0 Å². The van der Waals surface area contributed by atoms with Gasteiger partial charge in [0, 0.05) is 0 Å². The van der Waals surface area contributed by atoms with E-state index < -0.39 is 0 Å². The molecule has 1 atom stereocenters. The molecule has 0 aliphatic rings. The molecule has 1 aromatic rings. The molecule has 1 aromatic carbocycles. The van der Waals surface area contributed by atoms with Crippen molar-refractivity contribution < 1.29 is 4.74 Å². The number of benzene rings is 1. The molecular formula is C13H19Cl2NO. The van der Waals surface area contributed by atoms with Crippen molar-refractivity contribution in [1.82, 2.24) is 4.90 Å². The maximum Gasteiger partial charge on any atom is 0.108 e. The van der Waals surface area contributed by atoms with Crippen LogP contribution in [-0.4, -0.2) is 24.2 Å². The van der Waals surface area contributed by atoms with Crippen LogP contribution in [-0.2, 0) is 11.3 Å². The van der Waals surface area contributed by atoms with Crippen molar-refractivity contribution in [3.05, 3.63) is 33.8 Å². The van der Waals surface area contributed by atoms with Crippen molar-refractivity contribution >= 4 is 23.2 Å². The van der Waals surface area contributed by atoms with Gasteiger partial charge in [-0.05, 0) is 31.6 Å². The summed E-state index contributed by atoms with van der Waals surface area (Å²) in [4.78, 5) is 2.23. The number of hydrogen-bond donors (Lipinski definition) is 0. The topological polar surface area (TPSA) is 12.5 Å². The van der Waals surface area contributed by atoms with Crippen LogP contribution in [0, 0.1) is 0 Å². The molecule has 0 aromatic heterocycles. The molecule has 0 spiro atoms. The minimum Gasteiger partial charge on any atom is -0.359 e. The minimum atomic E-state index is 0.0834. The van der Waals surface area contributed by atoms with Crippen LogP contribution in [0.5, 0.6) is 0 Å². The van der Waals surface area contributed by atoms with Gasteiger partial charge in [-0.1, -0.05) is 49.2 Å². The van der Waals surface area contributed by atoms with E-state index in [1.54, 1.807) is 6.07 Å². The SMILES string of the molecule is CCN(CC)C(C)OCc1cccc(Cl)c1Cl. The second-order valence-corrected chi connectivity index (χ2v) is 4.63. The van der Waals surface area contributed by atoms with Crippen molar-refractivity contribution in [1.29, 1.82) is 0 Å². The molecule has 1 rings (SSSR count). The predicted octanol–water partition coefficient (Wildman–Crippen LogP) is 4.20. The van der Waals surface area contributed by atoms with Crippen LogP contribution < -0.4 is 0 Å². The number of nitrogens with zero attached hydrogens (tertiary/aromatic N) is 1. The fraction of sp³-hybridized carbons (Fsp3) is 0.538. The van der Waals surface area contributed by atoms with Gasteiger partial charge in [0.15, 0.2) is 0 Å². The summed E-state index contributed by atoms with van der Waals surface area (Å²) >= 11 is 12.0. The minimum absolute atomic E-state index is 0.0834. The molecule has 0 saturated carbocycles. The van der Waals surface area contributed by atoms with Gasteiger partial charge in [-0.2, -0.15) is 0 Å². The highest BCUT2D eigenvalue weighted by Gasteiger charge is 2.11. The zero-order chi connectivity index (χ0) is 12.8.